The Morgan fingerprint density at radius 1 is 1.03 bits per heavy atom. The first kappa shape index (κ1) is 21.1. The largest absolute Gasteiger partial charge is 0.343 e. The van der Waals surface area contributed by atoms with E-state index in [1.807, 2.05) is 4.90 Å². The van der Waals surface area contributed by atoms with Crippen molar-refractivity contribution in [2.45, 2.75) is 45.6 Å². The molecule has 1 saturated heterocycles. The van der Waals surface area contributed by atoms with Gasteiger partial charge in [0.15, 0.2) is 0 Å². The lowest BCUT2D eigenvalue weighted by molar-refractivity contribution is -0.132. The van der Waals surface area contributed by atoms with Gasteiger partial charge in [0, 0.05) is 26.1 Å². The standard InChI is InChI=1S/C25H29N3O3/c1-18-6-8-19(9-7-18)10-11-20-12-15-27(16-13-20)23(29)14-17-28-22-5-3-2-4-21(22)24(30)26-25(28)31/h2-9,20H,10-17H2,1H3,(H,26,30,31). The van der Waals surface area contributed by atoms with Crippen LogP contribution in [0.5, 0.6) is 0 Å². The minimum Gasteiger partial charge on any atom is -0.343 e. The minimum atomic E-state index is -0.466. The van der Waals surface area contributed by atoms with Gasteiger partial charge in [0.25, 0.3) is 5.56 Å². The Bertz CT molecular complexity index is 1170. The molecular weight excluding hydrogens is 390 g/mol. The highest BCUT2D eigenvalue weighted by atomic mass is 16.2. The zero-order chi connectivity index (χ0) is 21.8. The van der Waals surface area contributed by atoms with E-state index in [4.69, 9.17) is 0 Å². The molecule has 0 radical (unpaired) electrons. The molecule has 6 nitrogen and oxygen atoms in total. The number of benzene rings is 2. The number of nitrogens with one attached hydrogen (secondary N) is 1. The molecule has 0 aliphatic carbocycles. The van der Waals surface area contributed by atoms with Crippen LogP contribution in [-0.2, 0) is 17.8 Å². The van der Waals surface area contributed by atoms with E-state index in [-0.39, 0.29) is 18.9 Å². The highest BCUT2D eigenvalue weighted by molar-refractivity contribution is 5.79. The first-order valence-corrected chi connectivity index (χ1v) is 11.1. The van der Waals surface area contributed by atoms with Crippen molar-refractivity contribution in [3.05, 3.63) is 80.5 Å². The van der Waals surface area contributed by atoms with Gasteiger partial charge in [0.2, 0.25) is 5.91 Å². The van der Waals surface area contributed by atoms with Crippen LogP contribution in [0.25, 0.3) is 10.9 Å². The number of aryl methyl sites for hydroxylation is 3. The molecule has 3 aromatic rings. The van der Waals surface area contributed by atoms with Crippen molar-refractivity contribution in [3.63, 3.8) is 0 Å². The summed E-state index contributed by atoms with van der Waals surface area (Å²) in [6, 6.07) is 15.7. The molecule has 4 rings (SSSR count). The molecule has 1 aliphatic rings. The Morgan fingerprint density at radius 3 is 2.48 bits per heavy atom. The highest BCUT2D eigenvalue weighted by Crippen LogP contribution is 2.23. The van der Waals surface area contributed by atoms with E-state index < -0.39 is 11.2 Å². The maximum absolute atomic E-state index is 12.7. The van der Waals surface area contributed by atoms with E-state index in [1.165, 1.54) is 15.7 Å². The number of fused-ring (bicyclic) bond motifs is 1. The summed E-state index contributed by atoms with van der Waals surface area (Å²) < 4.78 is 1.49. The van der Waals surface area contributed by atoms with Crippen LogP contribution in [0, 0.1) is 12.8 Å². The first-order chi connectivity index (χ1) is 15.0. The van der Waals surface area contributed by atoms with Gasteiger partial charge in [0.05, 0.1) is 10.9 Å². The number of hydrogen-bond acceptors (Lipinski definition) is 3. The molecule has 162 valence electrons. The zero-order valence-corrected chi connectivity index (χ0v) is 18.0. The minimum absolute atomic E-state index is 0.0687. The van der Waals surface area contributed by atoms with Crippen LogP contribution in [0.1, 0.15) is 36.8 Å². The number of aromatic nitrogens is 2. The summed E-state index contributed by atoms with van der Waals surface area (Å²) in [6.07, 6.45) is 4.55. The highest BCUT2D eigenvalue weighted by Gasteiger charge is 2.22. The van der Waals surface area contributed by atoms with Crippen molar-refractivity contribution < 1.29 is 4.79 Å². The number of nitrogens with zero attached hydrogens (tertiary/aromatic N) is 2. The lowest BCUT2D eigenvalue weighted by Crippen LogP contribution is -2.39. The average Bonchev–Trinajstić information content (AvgIpc) is 2.79. The molecule has 0 spiro atoms. The third kappa shape index (κ3) is 4.95. The van der Waals surface area contributed by atoms with Gasteiger partial charge in [-0.2, -0.15) is 0 Å². The molecule has 2 heterocycles. The monoisotopic (exact) mass is 419 g/mol. The molecule has 1 fully saturated rings. The smallest absolute Gasteiger partial charge is 0.328 e. The van der Waals surface area contributed by atoms with Gasteiger partial charge in [-0.25, -0.2) is 4.79 Å². The fraction of sp³-hybridized carbons (Fsp3) is 0.400. The summed E-state index contributed by atoms with van der Waals surface area (Å²) in [6.45, 7) is 3.92. The second-order valence-corrected chi connectivity index (χ2v) is 8.53. The number of aromatic amines is 1. The molecule has 2 aromatic carbocycles. The van der Waals surface area contributed by atoms with Crippen molar-refractivity contribution in [2.75, 3.05) is 13.1 Å². The average molecular weight is 420 g/mol. The second kappa shape index (κ2) is 9.33. The molecule has 6 heteroatoms. The molecule has 1 amide bonds. The van der Waals surface area contributed by atoms with Gasteiger partial charge < -0.3 is 4.90 Å². The van der Waals surface area contributed by atoms with E-state index in [2.05, 4.69) is 36.2 Å². The fourth-order valence-electron chi connectivity index (χ4n) is 4.43. The Balaban J connectivity index is 1.30. The molecule has 1 aromatic heterocycles. The summed E-state index contributed by atoms with van der Waals surface area (Å²) in [7, 11) is 0. The Kier molecular flexibility index (Phi) is 6.35. The van der Waals surface area contributed by atoms with Crippen LogP contribution in [0.2, 0.25) is 0 Å². The van der Waals surface area contributed by atoms with Crippen LogP contribution >= 0.6 is 0 Å². The van der Waals surface area contributed by atoms with Crippen LogP contribution in [-0.4, -0.2) is 33.4 Å². The topological polar surface area (TPSA) is 75.2 Å². The molecule has 0 unspecified atom stereocenters. The van der Waals surface area contributed by atoms with Gasteiger partial charge in [-0.05, 0) is 56.2 Å². The van der Waals surface area contributed by atoms with E-state index in [1.54, 1.807) is 24.3 Å². The van der Waals surface area contributed by atoms with Gasteiger partial charge >= 0.3 is 5.69 Å². The van der Waals surface area contributed by atoms with E-state index >= 15 is 0 Å². The lowest BCUT2D eigenvalue weighted by atomic mass is 9.90. The van der Waals surface area contributed by atoms with Crippen molar-refractivity contribution in [3.8, 4) is 0 Å². The molecule has 31 heavy (non-hydrogen) atoms. The summed E-state index contributed by atoms with van der Waals surface area (Å²) in [4.78, 5) is 41.3. The number of carbonyl (C=O) groups is 1. The Labute approximate surface area is 181 Å². The van der Waals surface area contributed by atoms with E-state index in [9.17, 15) is 14.4 Å². The molecule has 0 atom stereocenters. The Hall–Kier alpha value is -3.15. The summed E-state index contributed by atoms with van der Waals surface area (Å²) >= 11 is 0. The SMILES string of the molecule is Cc1ccc(CCC2CCN(C(=O)CCn3c(=O)[nH]c(=O)c4ccccc43)CC2)cc1. The number of H-pyrrole nitrogens is 1. The fourth-order valence-corrected chi connectivity index (χ4v) is 4.43. The molecular formula is C25H29N3O3. The maximum Gasteiger partial charge on any atom is 0.328 e. The number of likely N-dealkylation sites (tertiary alicyclic amines) is 1. The van der Waals surface area contributed by atoms with Gasteiger partial charge in [-0.15, -0.1) is 0 Å². The van der Waals surface area contributed by atoms with Crippen molar-refractivity contribution in [1.29, 1.82) is 0 Å². The summed E-state index contributed by atoms with van der Waals surface area (Å²) in [5.74, 6) is 0.718. The lowest BCUT2D eigenvalue weighted by Gasteiger charge is -2.32. The predicted molar refractivity (Wildman–Crippen MR) is 122 cm³/mol. The predicted octanol–water partition coefficient (Wildman–Crippen LogP) is 3.26. The van der Waals surface area contributed by atoms with Gasteiger partial charge in [-0.1, -0.05) is 42.0 Å². The summed E-state index contributed by atoms with van der Waals surface area (Å²) in [5.41, 5.74) is 2.37. The molecule has 1 N–H and O–H groups in total. The third-order valence-electron chi connectivity index (χ3n) is 6.38. The van der Waals surface area contributed by atoms with E-state index in [0.717, 1.165) is 38.8 Å². The number of carbonyl (C=O) groups excluding carboxylic acids is 1. The Morgan fingerprint density at radius 2 is 1.74 bits per heavy atom. The number of para-hydroxylation sites is 1. The zero-order valence-electron chi connectivity index (χ0n) is 18.0. The quantitative estimate of drug-likeness (QED) is 0.666. The second-order valence-electron chi connectivity index (χ2n) is 8.53. The summed E-state index contributed by atoms with van der Waals surface area (Å²) in [5, 5.41) is 0.462. The number of amides is 1. The normalized spacial score (nSPS) is 14.8. The first-order valence-electron chi connectivity index (χ1n) is 11.1. The van der Waals surface area contributed by atoms with Crippen LogP contribution in [0.15, 0.2) is 58.1 Å². The van der Waals surface area contributed by atoms with Crippen molar-refractivity contribution >= 4 is 16.8 Å². The van der Waals surface area contributed by atoms with Crippen LogP contribution in [0.3, 0.4) is 0 Å². The maximum atomic E-state index is 12.7. The molecule has 0 saturated carbocycles. The van der Waals surface area contributed by atoms with Crippen LogP contribution < -0.4 is 11.2 Å². The van der Waals surface area contributed by atoms with E-state index in [0.29, 0.717) is 16.8 Å². The number of hydrogen-bond donors (Lipinski definition) is 1. The van der Waals surface area contributed by atoms with Gasteiger partial charge in [-0.3, -0.25) is 19.1 Å². The molecule has 1 aliphatic heterocycles. The van der Waals surface area contributed by atoms with Crippen molar-refractivity contribution in [1.82, 2.24) is 14.5 Å². The molecule has 0 bridgehead atoms. The number of rotatable bonds is 6. The van der Waals surface area contributed by atoms with Crippen LogP contribution in [0.4, 0.5) is 0 Å². The number of piperidine rings is 1. The van der Waals surface area contributed by atoms with Crippen molar-refractivity contribution in [2.24, 2.45) is 5.92 Å². The van der Waals surface area contributed by atoms with Gasteiger partial charge in [0.1, 0.15) is 0 Å². The third-order valence-corrected chi connectivity index (χ3v) is 6.38.